The molecule has 0 saturated carbocycles. The minimum atomic E-state index is -0.551. The second kappa shape index (κ2) is 58.7. The summed E-state index contributed by atoms with van der Waals surface area (Å²) in [6.45, 7) is 7.69. The molecule has 68 heavy (non-hydrogen) atoms. The van der Waals surface area contributed by atoms with Crippen molar-refractivity contribution in [3.8, 4) is 0 Å². The van der Waals surface area contributed by atoms with Crippen LogP contribution in [0.3, 0.4) is 0 Å². The van der Waals surface area contributed by atoms with E-state index in [2.05, 4.69) is 93.7 Å². The van der Waals surface area contributed by atoms with Crippen LogP contribution in [0.4, 0.5) is 0 Å². The first-order chi connectivity index (χ1) is 33.6. The van der Waals surface area contributed by atoms with E-state index in [1.54, 1.807) is 0 Å². The van der Waals surface area contributed by atoms with Crippen LogP contribution in [0, 0.1) is 0 Å². The summed E-state index contributed by atoms with van der Waals surface area (Å²) in [6, 6.07) is 0. The van der Waals surface area contributed by atoms with E-state index in [-0.39, 0.29) is 25.2 Å². The van der Waals surface area contributed by atoms with E-state index in [4.69, 9.17) is 14.2 Å². The molecule has 0 aromatic carbocycles. The Labute approximate surface area is 423 Å². The fourth-order valence-corrected chi connectivity index (χ4v) is 8.32. The highest BCUT2D eigenvalue weighted by Crippen LogP contribution is 2.15. The van der Waals surface area contributed by atoms with Gasteiger partial charge in [0.05, 0.1) is 6.61 Å². The number of carbonyl (C=O) groups is 2. The van der Waals surface area contributed by atoms with Crippen LogP contribution in [0.15, 0.2) is 72.9 Å². The van der Waals surface area contributed by atoms with Gasteiger partial charge in [-0.25, -0.2) is 0 Å². The molecule has 5 heteroatoms. The molecule has 0 N–H and O–H groups in total. The van der Waals surface area contributed by atoms with E-state index < -0.39 is 6.10 Å². The minimum Gasteiger partial charge on any atom is -0.462 e. The van der Waals surface area contributed by atoms with Crippen molar-refractivity contribution in [2.75, 3.05) is 19.8 Å². The molecule has 0 amide bonds. The van der Waals surface area contributed by atoms with Crippen molar-refractivity contribution in [2.45, 2.75) is 297 Å². The number of carbonyl (C=O) groups excluding carboxylic acids is 2. The number of allylic oxidation sites excluding steroid dienone is 12. The molecule has 0 aromatic heterocycles. The lowest BCUT2D eigenvalue weighted by Gasteiger charge is -2.18. The summed E-state index contributed by atoms with van der Waals surface area (Å²) in [5.41, 5.74) is 0. The van der Waals surface area contributed by atoms with E-state index in [0.29, 0.717) is 19.4 Å². The first-order valence-electron chi connectivity index (χ1n) is 29.5. The molecular formula is C63H112O5. The fourth-order valence-electron chi connectivity index (χ4n) is 8.32. The number of ether oxygens (including phenoxy) is 3. The summed E-state index contributed by atoms with van der Waals surface area (Å²) in [6.07, 6.45) is 76.4. The molecule has 0 saturated heterocycles. The Morgan fingerprint density at radius 3 is 1.10 bits per heavy atom. The van der Waals surface area contributed by atoms with E-state index >= 15 is 0 Å². The van der Waals surface area contributed by atoms with Crippen molar-refractivity contribution in [3.63, 3.8) is 0 Å². The molecule has 0 radical (unpaired) electrons. The third-order valence-corrected chi connectivity index (χ3v) is 12.7. The van der Waals surface area contributed by atoms with Crippen molar-refractivity contribution in [3.05, 3.63) is 72.9 Å². The highest BCUT2D eigenvalue weighted by Gasteiger charge is 2.17. The van der Waals surface area contributed by atoms with Gasteiger partial charge in [-0.2, -0.15) is 0 Å². The maximum absolute atomic E-state index is 12.9. The van der Waals surface area contributed by atoms with E-state index in [9.17, 15) is 9.59 Å². The highest BCUT2D eigenvalue weighted by molar-refractivity contribution is 5.70. The molecule has 0 spiro atoms. The Morgan fingerprint density at radius 1 is 0.338 bits per heavy atom. The summed E-state index contributed by atoms with van der Waals surface area (Å²) in [5, 5.41) is 0. The lowest BCUT2D eigenvalue weighted by Crippen LogP contribution is -2.30. The van der Waals surface area contributed by atoms with Crippen LogP contribution in [-0.4, -0.2) is 37.9 Å². The average Bonchev–Trinajstić information content (AvgIpc) is 3.34. The van der Waals surface area contributed by atoms with Gasteiger partial charge in [0.2, 0.25) is 0 Å². The molecule has 394 valence electrons. The molecule has 5 nitrogen and oxygen atoms in total. The fraction of sp³-hybridized carbons (Fsp3) is 0.778. The zero-order chi connectivity index (χ0) is 49.2. The number of hydrogen-bond acceptors (Lipinski definition) is 5. The van der Waals surface area contributed by atoms with Crippen LogP contribution < -0.4 is 0 Å². The molecule has 0 aliphatic carbocycles. The van der Waals surface area contributed by atoms with Crippen LogP contribution >= 0.6 is 0 Å². The van der Waals surface area contributed by atoms with Gasteiger partial charge in [-0.1, -0.05) is 241 Å². The largest absolute Gasteiger partial charge is 0.462 e. The smallest absolute Gasteiger partial charge is 0.306 e. The Bertz CT molecular complexity index is 1210. The van der Waals surface area contributed by atoms with Crippen molar-refractivity contribution in [2.24, 2.45) is 0 Å². The summed E-state index contributed by atoms with van der Waals surface area (Å²) in [5.74, 6) is -0.411. The second-order valence-electron chi connectivity index (χ2n) is 19.5. The predicted molar refractivity (Wildman–Crippen MR) is 297 cm³/mol. The molecule has 1 unspecified atom stereocenters. The first kappa shape index (κ1) is 65.3. The van der Waals surface area contributed by atoms with Gasteiger partial charge in [0.15, 0.2) is 6.10 Å². The Balaban J connectivity index is 4.28. The third-order valence-electron chi connectivity index (χ3n) is 12.7. The van der Waals surface area contributed by atoms with Crippen LogP contribution in [0.2, 0.25) is 0 Å². The summed E-state index contributed by atoms with van der Waals surface area (Å²) >= 11 is 0. The Morgan fingerprint density at radius 2 is 0.662 bits per heavy atom. The number of rotatable bonds is 54. The highest BCUT2D eigenvalue weighted by atomic mass is 16.6. The van der Waals surface area contributed by atoms with Crippen molar-refractivity contribution in [1.82, 2.24) is 0 Å². The SMILES string of the molecule is CC/C=C\C/C=C\C/C=C\CCCCCCCCCCOCC(COC(=O)CCCCCCCCCCC/C=C\CCCCCCCC)OC(=O)CCCCCCC/C=C\C/C=C\CCCCC. The maximum atomic E-state index is 12.9. The van der Waals surface area contributed by atoms with Gasteiger partial charge >= 0.3 is 11.9 Å². The van der Waals surface area contributed by atoms with Gasteiger partial charge < -0.3 is 14.2 Å². The predicted octanol–water partition coefficient (Wildman–Crippen LogP) is 20.2. The molecule has 0 fully saturated rings. The molecule has 0 bridgehead atoms. The van der Waals surface area contributed by atoms with Crippen molar-refractivity contribution < 1.29 is 23.8 Å². The Hall–Kier alpha value is -2.66. The van der Waals surface area contributed by atoms with Crippen LogP contribution in [0.5, 0.6) is 0 Å². The zero-order valence-corrected chi connectivity index (χ0v) is 45.4. The van der Waals surface area contributed by atoms with Gasteiger partial charge in [0, 0.05) is 19.4 Å². The second-order valence-corrected chi connectivity index (χ2v) is 19.5. The third kappa shape index (κ3) is 55.9. The molecule has 0 aliphatic heterocycles. The normalized spacial score (nSPS) is 12.7. The minimum absolute atomic E-state index is 0.0748. The Kier molecular flexibility index (Phi) is 56.4. The molecule has 0 aliphatic rings. The van der Waals surface area contributed by atoms with Gasteiger partial charge in [0.1, 0.15) is 6.61 Å². The quantitative estimate of drug-likeness (QED) is 0.0345. The number of esters is 2. The van der Waals surface area contributed by atoms with E-state index in [0.717, 1.165) is 77.0 Å². The van der Waals surface area contributed by atoms with Gasteiger partial charge in [0.25, 0.3) is 0 Å². The first-order valence-corrected chi connectivity index (χ1v) is 29.5. The molecule has 0 heterocycles. The molecule has 0 rings (SSSR count). The maximum Gasteiger partial charge on any atom is 0.306 e. The van der Waals surface area contributed by atoms with Crippen molar-refractivity contribution >= 4 is 11.9 Å². The van der Waals surface area contributed by atoms with Gasteiger partial charge in [-0.15, -0.1) is 0 Å². The summed E-state index contributed by atoms with van der Waals surface area (Å²) in [7, 11) is 0. The average molecular weight is 950 g/mol. The number of unbranched alkanes of at least 4 members (excludes halogenated alkanes) is 31. The molecule has 0 aromatic rings. The van der Waals surface area contributed by atoms with Crippen LogP contribution in [0.25, 0.3) is 0 Å². The van der Waals surface area contributed by atoms with E-state index in [1.807, 2.05) is 0 Å². The van der Waals surface area contributed by atoms with Gasteiger partial charge in [-0.05, 0) is 109 Å². The van der Waals surface area contributed by atoms with Crippen LogP contribution in [-0.2, 0) is 23.8 Å². The summed E-state index contributed by atoms with van der Waals surface area (Å²) in [4.78, 5) is 25.5. The zero-order valence-electron chi connectivity index (χ0n) is 45.4. The lowest BCUT2D eigenvalue weighted by molar-refractivity contribution is -0.163. The van der Waals surface area contributed by atoms with Crippen LogP contribution in [0.1, 0.15) is 290 Å². The topological polar surface area (TPSA) is 61.8 Å². The standard InChI is InChI=1S/C63H112O5/c1-4-7-10-13-16-19-22-25-28-30-32-33-36-38-41-44-47-50-53-56-62(64)67-60-61(68-63(65)57-54-51-48-45-42-39-35-27-24-21-18-15-12-9-6-3)59-66-58-55-52-49-46-43-40-37-34-31-29-26-23-20-17-14-11-8-5-2/h8,11,17-18,20-21,25-29,35,61H,4-7,9-10,12-16,19,22-24,30-34,36-60H2,1-3H3/b11-8-,20-17-,21-18-,28-25-,29-26-,35-27-. The van der Waals surface area contributed by atoms with E-state index in [1.165, 1.54) is 180 Å². The summed E-state index contributed by atoms with van der Waals surface area (Å²) < 4.78 is 17.5. The van der Waals surface area contributed by atoms with Gasteiger partial charge in [-0.3, -0.25) is 9.59 Å². The lowest BCUT2D eigenvalue weighted by atomic mass is 10.1. The molecular weight excluding hydrogens is 837 g/mol. The van der Waals surface area contributed by atoms with Crippen molar-refractivity contribution in [1.29, 1.82) is 0 Å². The number of hydrogen-bond donors (Lipinski definition) is 0. The molecule has 1 atom stereocenters. The monoisotopic (exact) mass is 949 g/mol.